The highest BCUT2D eigenvalue weighted by atomic mass is 32.2. The highest BCUT2D eigenvalue weighted by Crippen LogP contribution is 2.61. The fraction of sp³-hybridized carbons (Fsp3) is 0.429. The van der Waals surface area contributed by atoms with Crippen molar-refractivity contribution in [2.75, 3.05) is 38.2 Å². The molecule has 1 saturated carbocycles. The summed E-state index contributed by atoms with van der Waals surface area (Å²) < 4.78 is 32.2. The minimum Gasteiger partial charge on any atom is -0.379 e. The molecular weight excluding hydrogens is 406 g/mol. The average molecular weight is 429 g/mol. The van der Waals surface area contributed by atoms with Gasteiger partial charge < -0.3 is 10.1 Å². The summed E-state index contributed by atoms with van der Waals surface area (Å²) in [5.74, 6) is 1.57. The smallest absolute Gasteiger partial charge is 0.293 e. The van der Waals surface area contributed by atoms with Crippen LogP contribution in [0.3, 0.4) is 0 Å². The Bertz CT molecular complexity index is 1100. The average Bonchev–Trinajstić information content (AvgIpc) is 3.30. The molecule has 30 heavy (non-hydrogen) atoms. The molecule has 1 N–H and O–H groups in total. The van der Waals surface area contributed by atoms with Crippen molar-refractivity contribution in [1.29, 1.82) is 0 Å². The van der Waals surface area contributed by atoms with E-state index in [0.29, 0.717) is 43.2 Å². The van der Waals surface area contributed by atoms with Crippen LogP contribution in [0.5, 0.6) is 0 Å². The molecule has 8 nitrogen and oxygen atoms in total. The molecule has 0 spiro atoms. The number of nitro groups is 1. The summed E-state index contributed by atoms with van der Waals surface area (Å²) in [5, 5.41) is 14.8. The fourth-order valence-electron chi connectivity index (χ4n) is 4.90. The number of rotatable bonds is 6. The number of hydrogen-bond acceptors (Lipinski definition) is 6. The van der Waals surface area contributed by atoms with E-state index in [1.165, 1.54) is 27.6 Å². The van der Waals surface area contributed by atoms with Crippen molar-refractivity contribution in [3.05, 3.63) is 63.7 Å². The summed E-state index contributed by atoms with van der Waals surface area (Å²) in [7, 11) is -3.78. The van der Waals surface area contributed by atoms with Gasteiger partial charge in [0.2, 0.25) is 10.0 Å². The van der Waals surface area contributed by atoms with Crippen LogP contribution in [0.1, 0.15) is 17.0 Å². The molecular formula is C21H23N3O5S. The Morgan fingerprint density at radius 1 is 1.17 bits per heavy atom. The maximum Gasteiger partial charge on any atom is 0.293 e. The van der Waals surface area contributed by atoms with Gasteiger partial charge in [-0.15, -0.1) is 0 Å². The minimum absolute atomic E-state index is 0.0566. The van der Waals surface area contributed by atoms with Crippen LogP contribution in [0, 0.1) is 22.0 Å². The number of nitrogens with one attached hydrogen (secondary N) is 1. The molecule has 0 aromatic heterocycles. The summed E-state index contributed by atoms with van der Waals surface area (Å²) in [4.78, 5) is 11.1. The summed E-state index contributed by atoms with van der Waals surface area (Å²) in [6, 6.07) is 12.6. The van der Waals surface area contributed by atoms with Crippen molar-refractivity contribution in [1.82, 2.24) is 4.31 Å². The number of nitrogens with zero attached hydrogens (tertiary/aromatic N) is 2. The first-order valence-electron chi connectivity index (χ1n) is 10.1. The first kappa shape index (κ1) is 19.5. The number of morpholine rings is 1. The van der Waals surface area contributed by atoms with Gasteiger partial charge in [0.25, 0.3) is 5.69 Å². The molecule has 1 saturated heterocycles. The zero-order valence-electron chi connectivity index (χ0n) is 16.4. The van der Waals surface area contributed by atoms with Crippen LogP contribution in [0.2, 0.25) is 0 Å². The van der Waals surface area contributed by atoms with Crippen molar-refractivity contribution in [2.24, 2.45) is 11.8 Å². The third-order valence-corrected chi connectivity index (χ3v) is 8.40. The predicted molar refractivity (Wildman–Crippen MR) is 111 cm³/mol. The van der Waals surface area contributed by atoms with E-state index in [0.717, 1.165) is 12.5 Å². The Labute approximate surface area is 175 Å². The second kappa shape index (κ2) is 7.33. The molecule has 1 heterocycles. The lowest BCUT2D eigenvalue weighted by atomic mass is 10.0. The van der Waals surface area contributed by atoms with Crippen LogP contribution >= 0.6 is 0 Å². The topological polar surface area (TPSA) is 102 Å². The zero-order chi connectivity index (χ0) is 20.9. The first-order valence-corrected chi connectivity index (χ1v) is 11.6. The van der Waals surface area contributed by atoms with E-state index in [-0.39, 0.29) is 23.7 Å². The second-order valence-electron chi connectivity index (χ2n) is 8.09. The van der Waals surface area contributed by atoms with Crippen LogP contribution in [0.15, 0.2) is 47.4 Å². The van der Waals surface area contributed by atoms with Gasteiger partial charge in [-0.25, -0.2) is 8.42 Å². The quantitative estimate of drug-likeness (QED) is 0.559. The van der Waals surface area contributed by atoms with E-state index >= 15 is 0 Å². The number of fused-ring (bicyclic) bond motifs is 3. The number of sulfonamides is 1. The Morgan fingerprint density at radius 2 is 1.93 bits per heavy atom. The predicted octanol–water partition coefficient (Wildman–Crippen LogP) is 2.61. The van der Waals surface area contributed by atoms with Crippen LogP contribution in [-0.4, -0.2) is 50.5 Å². The van der Waals surface area contributed by atoms with Gasteiger partial charge >= 0.3 is 0 Å². The van der Waals surface area contributed by atoms with E-state index < -0.39 is 14.9 Å². The molecule has 0 amide bonds. The maximum absolute atomic E-state index is 12.8. The van der Waals surface area contributed by atoms with Gasteiger partial charge in [-0.2, -0.15) is 4.31 Å². The van der Waals surface area contributed by atoms with Gasteiger partial charge in [-0.1, -0.05) is 24.3 Å². The lowest BCUT2D eigenvalue weighted by Gasteiger charge is -2.26. The number of hydrogen-bond donors (Lipinski definition) is 1. The molecule has 158 valence electrons. The summed E-state index contributed by atoms with van der Waals surface area (Å²) in [5.41, 5.74) is 2.96. The molecule has 2 aromatic carbocycles. The lowest BCUT2D eigenvalue weighted by molar-refractivity contribution is -0.384. The molecule has 2 fully saturated rings. The maximum atomic E-state index is 12.8. The van der Waals surface area contributed by atoms with Crippen molar-refractivity contribution < 1.29 is 18.1 Å². The Kier molecular flexibility index (Phi) is 4.76. The van der Waals surface area contributed by atoms with E-state index in [4.69, 9.17) is 4.74 Å². The largest absolute Gasteiger partial charge is 0.379 e. The number of ether oxygens (including phenoxy) is 1. The van der Waals surface area contributed by atoms with Crippen molar-refractivity contribution in [3.8, 4) is 0 Å². The van der Waals surface area contributed by atoms with Gasteiger partial charge in [0.15, 0.2) is 0 Å². The summed E-state index contributed by atoms with van der Waals surface area (Å²) in [6.07, 6.45) is 1.06. The standard InChI is InChI=1S/C21H23N3O5S/c25-24(26)20-12-15(30(27,28)23-7-9-29-10-8-23)5-6-19(20)22-13-18-17-11-14-3-1-2-4-16(14)21(17)18/h1-6,12,17-18,21-22H,7-11,13H2. The molecule has 3 atom stereocenters. The second-order valence-corrected chi connectivity index (χ2v) is 10.0. The molecule has 9 heteroatoms. The third kappa shape index (κ3) is 3.27. The summed E-state index contributed by atoms with van der Waals surface area (Å²) in [6.45, 7) is 1.80. The van der Waals surface area contributed by atoms with Gasteiger partial charge in [-0.3, -0.25) is 10.1 Å². The first-order chi connectivity index (χ1) is 14.5. The Morgan fingerprint density at radius 3 is 2.70 bits per heavy atom. The van der Waals surface area contributed by atoms with Crippen LogP contribution in [0.4, 0.5) is 11.4 Å². The van der Waals surface area contributed by atoms with Crippen LogP contribution < -0.4 is 5.32 Å². The van der Waals surface area contributed by atoms with Crippen molar-refractivity contribution in [3.63, 3.8) is 0 Å². The molecule has 5 rings (SSSR count). The Hall–Kier alpha value is -2.49. The molecule has 1 aliphatic heterocycles. The number of benzene rings is 2. The molecule has 0 radical (unpaired) electrons. The Balaban J connectivity index is 1.32. The van der Waals surface area contributed by atoms with Gasteiger partial charge in [0, 0.05) is 25.7 Å². The third-order valence-electron chi connectivity index (χ3n) is 6.50. The van der Waals surface area contributed by atoms with Crippen LogP contribution in [0.25, 0.3) is 0 Å². The van der Waals surface area contributed by atoms with Gasteiger partial charge in [0.1, 0.15) is 5.69 Å². The molecule has 3 unspecified atom stereocenters. The molecule has 3 aliphatic rings. The zero-order valence-corrected chi connectivity index (χ0v) is 17.2. The monoisotopic (exact) mass is 429 g/mol. The number of anilines is 1. The highest BCUT2D eigenvalue weighted by Gasteiger charge is 2.54. The number of nitro benzene ring substituents is 1. The SMILES string of the molecule is O=[N+]([O-])c1cc(S(=O)(=O)N2CCOCC2)ccc1NCC1C2Cc3ccccc3C12. The van der Waals surface area contributed by atoms with E-state index in [1.54, 1.807) is 0 Å². The summed E-state index contributed by atoms with van der Waals surface area (Å²) >= 11 is 0. The van der Waals surface area contributed by atoms with E-state index in [2.05, 4.69) is 29.6 Å². The van der Waals surface area contributed by atoms with Crippen molar-refractivity contribution >= 4 is 21.4 Å². The van der Waals surface area contributed by atoms with E-state index in [9.17, 15) is 18.5 Å². The van der Waals surface area contributed by atoms with E-state index in [1.807, 2.05) is 0 Å². The molecule has 2 aromatic rings. The normalized spacial score (nSPS) is 25.4. The minimum atomic E-state index is -3.78. The van der Waals surface area contributed by atoms with Gasteiger partial charge in [0.05, 0.1) is 23.0 Å². The molecule has 0 bridgehead atoms. The van der Waals surface area contributed by atoms with Crippen molar-refractivity contribution in [2.45, 2.75) is 17.2 Å². The van der Waals surface area contributed by atoms with Crippen LogP contribution in [-0.2, 0) is 21.2 Å². The fourth-order valence-corrected chi connectivity index (χ4v) is 6.33. The van der Waals surface area contributed by atoms with Gasteiger partial charge in [-0.05, 0) is 47.4 Å². The highest BCUT2D eigenvalue weighted by molar-refractivity contribution is 7.89. The lowest BCUT2D eigenvalue weighted by Crippen LogP contribution is -2.40. The molecule has 2 aliphatic carbocycles.